The Morgan fingerprint density at radius 3 is 2.38 bits per heavy atom. The van der Waals surface area contributed by atoms with Gasteiger partial charge in [-0.2, -0.15) is 0 Å². The first-order chi connectivity index (χ1) is 16.5. The van der Waals surface area contributed by atoms with E-state index in [0.29, 0.717) is 18.0 Å². The van der Waals surface area contributed by atoms with E-state index in [4.69, 9.17) is 21.4 Å². The van der Waals surface area contributed by atoms with Crippen LogP contribution in [0.15, 0.2) is 77.4 Å². The van der Waals surface area contributed by atoms with Crippen molar-refractivity contribution in [3.05, 3.63) is 84.3 Å². The van der Waals surface area contributed by atoms with Gasteiger partial charge in [0.1, 0.15) is 0 Å². The number of benzene rings is 2. The second-order valence-corrected chi connectivity index (χ2v) is 7.73. The van der Waals surface area contributed by atoms with Crippen LogP contribution in [0, 0.1) is 0 Å². The van der Waals surface area contributed by atoms with Gasteiger partial charge in [-0.25, -0.2) is 0 Å². The van der Waals surface area contributed by atoms with Crippen LogP contribution >= 0.6 is 12.2 Å². The van der Waals surface area contributed by atoms with Crippen LogP contribution in [0.2, 0.25) is 0 Å². The molecule has 0 unspecified atom stereocenters. The SMILES string of the molecule is O=C(CCC(=O)OCCCc1ccccc1)NC(=S)Nc1cccc(NC(=O)c2ccco2)c1. The van der Waals surface area contributed by atoms with Gasteiger partial charge in [-0.3, -0.25) is 14.4 Å². The Kier molecular flexibility index (Phi) is 9.36. The summed E-state index contributed by atoms with van der Waals surface area (Å²) in [5.41, 5.74) is 2.28. The molecule has 0 saturated heterocycles. The summed E-state index contributed by atoms with van der Waals surface area (Å²) in [6, 6.07) is 19.9. The molecule has 0 fully saturated rings. The Balaban J connectivity index is 1.34. The van der Waals surface area contributed by atoms with E-state index in [1.807, 2.05) is 30.3 Å². The van der Waals surface area contributed by atoms with Crippen molar-refractivity contribution in [3.63, 3.8) is 0 Å². The number of amides is 2. The van der Waals surface area contributed by atoms with E-state index >= 15 is 0 Å². The number of hydrogen-bond acceptors (Lipinski definition) is 6. The van der Waals surface area contributed by atoms with Gasteiger partial charge in [-0.15, -0.1) is 0 Å². The van der Waals surface area contributed by atoms with Crippen LogP contribution in [0.4, 0.5) is 11.4 Å². The molecule has 1 heterocycles. The standard InChI is InChI=1S/C25H25N3O5S/c29-22(13-14-23(30)33-16-5-9-18-7-2-1-3-8-18)28-25(34)27-20-11-4-10-19(17-20)26-24(31)21-12-6-15-32-21/h1-4,6-8,10-12,15,17H,5,9,13-14,16H2,(H,26,31)(H2,27,28,29,34). The fraction of sp³-hybridized carbons (Fsp3) is 0.200. The lowest BCUT2D eigenvalue weighted by molar-refractivity contribution is -0.145. The number of hydrogen-bond donors (Lipinski definition) is 3. The van der Waals surface area contributed by atoms with Crippen LogP contribution in [0.3, 0.4) is 0 Å². The van der Waals surface area contributed by atoms with Crippen molar-refractivity contribution in [2.45, 2.75) is 25.7 Å². The van der Waals surface area contributed by atoms with Crippen molar-refractivity contribution < 1.29 is 23.5 Å². The van der Waals surface area contributed by atoms with Gasteiger partial charge in [-0.1, -0.05) is 36.4 Å². The molecule has 9 heteroatoms. The maximum atomic E-state index is 12.1. The molecule has 0 atom stereocenters. The topological polar surface area (TPSA) is 110 Å². The predicted molar refractivity (Wildman–Crippen MR) is 132 cm³/mol. The molecule has 3 aromatic rings. The minimum atomic E-state index is -0.429. The van der Waals surface area contributed by atoms with Gasteiger partial charge >= 0.3 is 5.97 Å². The van der Waals surface area contributed by atoms with Crippen LogP contribution in [-0.4, -0.2) is 29.5 Å². The molecule has 2 amide bonds. The summed E-state index contributed by atoms with van der Waals surface area (Å²) >= 11 is 5.16. The van der Waals surface area contributed by atoms with Gasteiger partial charge < -0.3 is 25.1 Å². The lowest BCUT2D eigenvalue weighted by atomic mass is 10.1. The number of carbonyl (C=O) groups is 3. The van der Waals surface area contributed by atoms with E-state index in [2.05, 4.69) is 16.0 Å². The van der Waals surface area contributed by atoms with Crippen LogP contribution in [0.25, 0.3) is 0 Å². The molecule has 0 aliphatic carbocycles. The zero-order chi connectivity index (χ0) is 24.2. The fourth-order valence-electron chi connectivity index (χ4n) is 3.02. The molecule has 0 saturated carbocycles. The Morgan fingerprint density at radius 1 is 0.882 bits per heavy atom. The smallest absolute Gasteiger partial charge is 0.306 e. The molecular formula is C25H25N3O5S. The van der Waals surface area contributed by atoms with Crippen LogP contribution in [0.5, 0.6) is 0 Å². The average molecular weight is 480 g/mol. The molecule has 2 aromatic carbocycles. The molecular weight excluding hydrogens is 454 g/mol. The van der Waals surface area contributed by atoms with Crippen molar-refractivity contribution in [3.8, 4) is 0 Å². The molecule has 8 nitrogen and oxygen atoms in total. The molecule has 1 aromatic heterocycles. The average Bonchev–Trinajstić information content (AvgIpc) is 3.37. The zero-order valence-corrected chi connectivity index (χ0v) is 19.2. The quantitative estimate of drug-likeness (QED) is 0.226. The fourth-order valence-corrected chi connectivity index (χ4v) is 3.25. The summed E-state index contributed by atoms with van der Waals surface area (Å²) in [5.74, 6) is -1.02. The number of thiocarbonyl (C=S) groups is 1. The van der Waals surface area contributed by atoms with E-state index < -0.39 is 11.9 Å². The Labute approximate surface area is 202 Å². The normalized spacial score (nSPS) is 10.2. The summed E-state index contributed by atoms with van der Waals surface area (Å²) in [6.07, 6.45) is 2.88. The van der Waals surface area contributed by atoms with Gasteiger partial charge in [-0.05, 0) is 61.0 Å². The zero-order valence-electron chi connectivity index (χ0n) is 18.4. The molecule has 176 valence electrons. The van der Waals surface area contributed by atoms with Gasteiger partial charge in [0.25, 0.3) is 5.91 Å². The van der Waals surface area contributed by atoms with E-state index in [1.54, 1.807) is 36.4 Å². The summed E-state index contributed by atoms with van der Waals surface area (Å²) in [4.78, 5) is 36.0. The number of ether oxygens (including phenoxy) is 1. The van der Waals surface area contributed by atoms with Crippen LogP contribution < -0.4 is 16.0 Å². The number of nitrogens with one attached hydrogen (secondary N) is 3. The third-order valence-corrected chi connectivity index (χ3v) is 4.85. The molecule has 0 aliphatic heterocycles. The monoisotopic (exact) mass is 479 g/mol. The highest BCUT2D eigenvalue weighted by molar-refractivity contribution is 7.80. The lowest BCUT2D eigenvalue weighted by Crippen LogP contribution is -2.34. The predicted octanol–water partition coefficient (Wildman–Crippen LogP) is 4.30. The van der Waals surface area contributed by atoms with Gasteiger partial charge in [0.15, 0.2) is 10.9 Å². The minimum absolute atomic E-state index is 0.0337. The van der Waals surface area contributed by atoms with Crippen LogP contribution in [-0.2, 0) is 20.7 Å². The molecule has 0 bridgehead atoms. The number of anilines is 2. The molecule has 0 aliphatic rings. The number of aryl methyl sites for hydroxylation is 1. The number of esters is 1. The van der Waals surface area contributed by atoms with Crippen molar-refractivity contribution >= 4 is 46.5 Å². The summed E-state index contributed by atoms with van der Waals surface area (Å²) in [6.45, 7) is 0.308. The van der Waals surface area contributed by atoms with Gasteiger partial charge in [0, 0.05) is 17.8 Å². The summed E-state index contributed by atoms with van der Waals surface area (Å²) in [5, 5.41) is 8.19. The second kappa shape index (κ2) is 12.9. The summed E-state index contributed by atoms with van der Waals surface area (Å²) < 4.78 is 10.2. The third kappa shape index (κ3) is 8.51. The Bertz CT molecular complexity index is 1120. The third-order valence-electron chi connectivity index (χ3n) is 4.65. The first kappa shape index (κ1) is 24.7. The van der Waals surface area contributed by atoms with Crippen molar-refractivity contribution in [2.24, 2.45) is 0 Å². The maximum absolute atomic E-state index is 12.1. The highest BCUT2D eigenvalue weighted by atomic mass is 32.1. The number of rotatable bonds is 10. The van der Waals surface area contributed by atoms with E-state index in [9.17, 15) is 14.4 Å². The van der Waals surface area contributed by atoms with Gasteiger partial charge in [0.05, 0.1) is 19.3 Å². The second-order valence-electron chi connectivity index (χ2n) is 7.32. The molecule has 0 spiro atoms. The number of carbonyl (C=O) groups excluding carboxylic acids is 3. The molecule has 3 rings (SSSR count). The molecule has 3 N–H and O–H groups in total. The Hall–Kier alpha value is -3.98. The highest BCUT2D eigenvalue weighted by Gasteiger charge is 2.11. The first-order valence-electron chi connectivity index (χ1n) is 10.7. The number of furan rings is 1. The minimum Gasteiger partial charge on any atom is -0.466 e. The largest absolute Gasteiger partial charge is 0.466 e. The van der Waals surface area contributed by atoms with Crippen LogP contribution in [0.1, 0.15) is 35.4 Å². The molecule has 0 radical (unpaired) electrons. The Morgan fingerprint density at radius 2 is 1.65 bits per heavy atom. The van der Waals surface area contributed by atoms with Crippen molar-refractivity contribution in [2.75, 3.05) is 17.2 Å². The maximum Gasteiger partial charge on any atom is 0.306 e. The summed E-state index contributed by atoms with van der Waals surface area (Å²) in [7, 11) is 0. The van der Waals surface area contributed by atoms with Crippen molar-refractivity contribution in [1.82, 2.24) is 5.32 Å². The van der Waals surface area contributed by atoms with E-state index in [1.165, 1.54) is 11.8 Å². The lowest BCUT2D eigenvalue weighted by Gasteiger charge is -2.11. The van der Waals surface area contributed by atoms with E-state index in [0.717, 1.165) is 12.8 Å². The first-order valence-corrected chi connectivity index (χ1v) is 11.2. The highest BCUT2D eigenvalue weighted by Crippen LogP contribution is 2.16. The molecule has 34 heavy (non-hydrogen) atoms. The van der Waals surface area contributed by atoms with E-state index in [-0.39, 0.29) is 29.6 Å². The van der Waals surface area contributed by atoms with Gasteiger partial charge in [0.2, 0.25) is 5.91 Å². The van der Waals surface area contributed by atoms with Crippen molar-refractivity contribution in [1.29, 1.82) is 0 Å².